The van der Waals surface area contributed by atoms with E-state index in [1.807, 2.05) is 19.1 Å². The topological polar surface area (TPSA) is 70.7 Å². The summed E-state index contributed by atoms with van der Waals surface area (Å²) in [5.41, 5.74) is 2.21. The largest absolute Gasteiger partial charge is 0.503 e. The molecule has 1 aliphatic rings. The molecule has 1 atom stereocenters. The van der Waals surface area contributed by atoms with Crippen molar-refractivity contribution in [3.8, 4) is 0 Å². The summed E-state index contributed by atoms with van der Waals surface area (Å²) in [4.78, 5) is 28.3. The van der Waals surface area contributed by atoms with Crippen molar-refractivity contribution in [2.24, 2.45) is 0 Å². The highest BCUT2D eigenvalue weighted by Crippen LogP contribution is 2.44. The van der Waals surface area contributed by atoms with Crippen LogP contribution in [0.5, 0.6) is 0 Å². The van der Waals surface area contributed by atoms with Crippen LogP contribution in [0.3, 0.4) is 0 Å². The van der Waals surface area contributed by atoms with Crippen LogP contribution in [-0.2, 0) is 4.79 Å². The van der Waals surface area contributed by atoms with Gasteiger partial charge in [0, 0.05) is 26.1 Å². The van der Waals surface area contributed by atoms with Crippen LogP contribution in [0.4, 0.5) is 5.69 Å². The molecule has 0 radical (unpaired) electrons. The summed E-state index contributed by atoms with van der Waals surface area (Å²) in [7, 11) is 0. The molecule has 5 rings (SSSR count). The molecule has 0 bridgehead atoms. The van der Waals surface area contributed by atoms with Gasteiger partial charge in [0.25, 0.3) is 5.91 Å². The zero-order chi connectivity index (χ0) is 24.1. The lowest BCUT2D eigenvalue weighted by atomic mass is 9.92. The molecule has 0 fully saturated rings. The Balaban J connectivity index is 1.69. The van der Waals surface area contributed by atoms with Crippen molar-refractivity contribution in [3.63, 3.8) is 0 Å². The van der Waals surface area contributed by atoms with Crippen molar-refractivity contribution >= 4 is 63.1 Å². The first-order chi connectivity index (χ1) is 16.2. The molecule has 1 amide bonds. The average molecular weight is 513 g/mol. The zero-order valence-corrected chi connectivity index (χ0v) is 19.9. The SMILES string of the molecule is Cc1ccccc1C1C(C(=O)c2cc3cc(Cl)ccc3o2)=C(O)C(=O)N1c1cc(Cl)cc(Cl)c1. The Labute approximate surface area is 209 Å². The van der Waals surface area contributed by atoms with Crippen molar-refractivity contribution in [1.29, 1.82) is 0 Å². The summed E-state index contributed by atoms with van der Waals surface area (Å²) >= 11 is 18.5. The molecule has 0 saturated carbocycles. The lowest BCUT2D eigenvalue weighted by Gasteiger charge is -2.28. The molecule has 3 aromatic carbocycles. The normalized spacial score (nSPS) is 16.1. The van der Waals surface area contributed by atoms with Crippen LogP contribution < -0.4 is 4.90 Å². The number of furan rings is 1. The molecule has 4 aromatic rings. The monoisotopic (exact) mass is 511 g/mol. The lowest BCUT2D eigenvalue weighted by Crippen LogP contribution is -2.31. The highest BCUT2D eigenvalue weighted by atomic mass is 35.5. The van der Waals surface area contributed by atoms with E-state index in [1.54, 1.807) is 48.5 Å². The quantitative estimate of drug-likeness (QED) is 0.288. The Kier molecular flexibility index (Phi) is 5.64. The van der Waals surface area contributed by atoms with E-state index >= 15 is 0 Å². The van der Waals surface area contributed by atoms with Crippen molar-refractivity contribution < 1.29 is 19.1 Å². The second-order valence-electron chi connectivity index (χ2n) is 7.95. The predicted octanol–water partition coefficient (Wildman–Crippen LogP) is 7.48. The van der Waals surface area contributed by atoms with E-state index in [4.69, 9.17) is 39.2 Å². The standard InChI is InChI=1S/C26H16Cl3NO4/c1-13-4-2-3-5-19(13)23-22(24(31)21-9-14-8-15(27)6-7-20(14)34-21)25(32)26(33)30(23)18-11-16(28)10-17(29)12-18/h2-12,23,32H,1H3. The van der Waals surface area contributed by atoms with Gasteiger partial charge in [-0.15, -0.1) is 0 Å². The molecular formula is C26H16Cl3NO4. The number of Topliss-reactive ketones (excluding diaryl/α,β-unsaturated/α-hetero) is 1. The van der Waals surface area contributed by atoms with Gasteiger partial charge in [0.15, 0.2) is 11.5 Å². The fourth-order valence-corrected chi connectivity index (χ4v) is 4.92. The van der Waals surface area contributed by atoms with Gasteiger partial charge < -0.3 is 9.52 Å². The van der Waals surface area contributed by atoms with E-state index in [1.165, 1.54) is 11.0 Å². The maximum absolute atomic E-state index is 13.7. The molecule has 1 N–H and O–H groups in total. The van der Waals surface area contributed by atoms with E-state index in [0.717, 1.165) is 5.56 Å². The van der Waals surface area contributed by atoms with Gasteiger partial charge >= 0.3 is 0 Å². The van der Waals surface area contributed by atoms with Crippen molar-refractivity contribution in [2.75, 3.05) is 4.90 Å². The molecule has 34 heavy (non-hydrogen) atoms. The van der Waals surface area contributed by atoms with Crippen LogP contribution in [0.15, 0.2) is 82.5 Å². The number of rotatable bonds is 4. The molecule has 0 spiro atoms. The van der Waals surface area contributed by atoms with Crippen LogP contribution in [0.2, 0.25) is 15.1 Å². The Morgan fingerprint density at radius 1 is 0.941 bits per heavy atom. The number of aliphatic hydroxyl groups excluding tert-OH is 1. The first-order valence-corrected chi connectivity index (χ1v) is 11.4. The minimum Gasteiger partial charge on any atom is -0.503 e. The highest BCUT2D eigenvalue weighted by Gasteiger charge is 2.46. The van der Waals surface area contributed by atoms with E-state index in [-0.39, 0.29) is 11.3 Å². The number of anilines is 1. The van der Waals surface area contributed by atoms with Gasteiger partial charge in [0.05, 0.1) is 11.6 Å². The van der Waals surface area contributed by atoms with Crippen LogP contribution in [0.1, 0.15) is 27.7 Å². The molecule has 1 unspecified atom stereocenters. The summed E-state index contributed by atoms with van der Waals surface area (Å²) < 4.78 is 5.75. The Morgan fingerprint density at radius 2 is 1.65 bits per heavy atom. The fraction of sp³-hybridized carbons (Fsp3) is 0.0769. The first-order valence-electron chi connectivity index (χ1n) is 10.3. The Morgan fingerprint density at radius 3 is 2.35 bits per heavy atom. The van der Waals surface area contributed by atoms with Crippen LogP contribution in [-0.4, -0.2) is 16.8 Å². The maximum Gasteiger partial charge on any atom is 0.294 e. The number of aliphatic hydroxyl groups is 1. The van der Waals surface area contributed by atoms with E-state index in [9.17, 15) is 14.7 Å². The van der Waals surface area contributed by atoms with Crippen molar-refractivity contribution in [2.45, 2.75) is 13.0 Å². The molecule has 1 aliphatic heterocycles. The number of carbonyl (C=O) groups is 2. The van der Waals surface area contributed by atoms with E-state index < -0.39 is 23.5 Å². The number of ketones is 1. The number of aryl methyl sites for hydroxylation is 1. The number of amides is 1. The number of nitrogens with zero attached hydrogens (tertiary/aromatic N) is 1. The minimum absolute atomic E-state index is 0.0174. The summed E-state index contributed by atoms with van der Waals surface area (Å²) in [5, 5.41) is 12.7. The van der Waals surface area contributed by atoms with Crippen LogP contribution in [0.25, 0.3) is 11.0 Å². The summed E-state index contributed by atoms with van der Waals surface area (Å²) in [5.74, 6) is -2.03. The molecule has 1 aromatic heterocycles. The summed E-state index contributed by atoms with van der Waals surface area (Å²) in [6, 6.07) is 17.6. The van der Waals surface area contributed by atoms with Crippen molar-refractivity contribution in [3.05, 3.63) is 110 Å². The molecule has 0 saturated heterocycles. The second kappa shape index (κ2) is 8.51. The summed E-state index contributed by atoms with van der Waals surface area (Å²) in [6.07, 6.45) is 0. The lowest BCUT2D eigenvalue weighted by molar-refractivity contribution is -0.117. The number of hydrogen-bond acceptors (Lipinski definition) is 4. The van der Waals surface area contributed by atoms with Gasteiger partial charge in [-0.1, -0.05) is 59.1 Å². The molecule has 2 heterocycles. The minimum atomic E-state index is -0.924. The highest BCUT2D eigenvalue weighted by molar-refractivity contribution is 6.35. The zero-order valence-electron chi connectivity index (χ0n) is 17.7. The fourth-order valence-electron chi connectivity index (χ4n) is 4.23. The molecular weight excluding hydrogens is 497 g/mol. The van der Waals surface area contributed by atoms with Gasteiger partial charge in [-0.2, -0.15) is 0 Å². The van der Waals surface area contributed by atoms with Gasteiger partial charge in [0.2, 0.25) is 5.78 Å². The van der Waals surface area contributed by atoms with Crippen LogP contribution in [0, 0.1) is 6.92 Å². The number of benzene rings is 3. The number of carbonyl (C=O) groups excluding carboxylic acids is 2. The Hall–Kier alpha value is -3.25. The van der Waals surface area contributed by atoms with Gasteiger partial charge in [-0.25, -0.2) is 0 Å². The van der Waals surface area contributed by atoms with E-state index in [2.05, 4.69) is 0 Å². The molecule has 0 aliphatic carbocycles. The third kappa shape index (κ3) is 3.76. The van der Waals surface area contributed by atoms with Gasteiger partial charge in [-0.05, 0) is 60.5 Å². The van der Waals surface area contributed by atoms with Gasteiger partial charge in [0.1, 0.15) is 5.58 Å². The van der Waals surface area contributed by atoms with E-state index in [0.29, 0.717) is 37.3 Å². The molecule has 170 valence electrons. The number of fused-ring (bicyclic) bond motifs is 1. The molecule has 5 nitrogen and oxygen atoms in total. The average Bonchev–Trinajstić information content (AvgIpc) is 3.31. The summed E-state index contributed by atoms with van der Waals surface area (Å²) in [6.45, 7) is 1.86. The first kappa shape index (κ1) is 22.5. The van der Waals surface area contributed by atoms with Crippen LogP contribution >= 0.6 is 34.8 Å². The third-order valence-electron chi connectivity index (χ3n) is 5.76. The van der Waals surface area contributed by atoms with Gasteiger partial charge in [-0.3, -0.25) is 14.5 Å². The Bertz CT molecular complexity index is 1500. The van der Waals surface area contributed by atoms with Crippen molar-refractivity contribution in [1.82, 2.24) is 0 Å². The predicted molar refractivity (Wildman–Crippen MR) is 133 cm³/mol. The number of halogens is 3. The smallest absolute Gasteiger partial charge is 0.294 e. The third-order valence-corrected chi connectivity index (χ3v) is 6.43. The molecule has 8 heteroatoms. The maximum atomic E-state index is 13.7. The number of hydrogen-bond donors (Lipinski definition) is 1. The second-order valence-corrected chi connectivity index (χ2v) is 9.26.